The van der Waals surface area contributed by atoms with Crippen LogP contribution in [0.3, 0.4) is 0 Å². The van der Waals surface area contributed by atoms with Crippen LogP contribution >= 0.6 is 0 Å². The quantitative estimate of drug-likeness (QED) is 0.823. The lowest BCUT2D eigenvalue weighted by Crippen LogP contribution is -2.11. The lowest BCUT2D eigenvalue weighted by Gasteiger charge is -2.15. The fourth-order valence-electron chi connectivity index (χ4n) is 2.58. The maximum Gasteiger partial charge on any atom is 0.335 e. The van der Waals surface area contributed by atoms with E-state index in [2.05, 4.69) is 16.9 Å². The Labute approximate surface area is 105 Å². The van der Waals surface area contributed by atoms with Crippen LogP contribution in [-0.4, -0.2) is 35.8 Å². The van der Waals surface area contributed by atoms with Crippen LogP contribution in [0.2, 0.25) is 0 Å². The zero-order valence-corrected chi connectivity index (χ0v) is 10.2. The van der Waals surface area contributed by atoms with Crippen molar-refractivity contribution >= 4 is 23.4 Å². The van der Waals surface area contributed by atoms with Crippen molar-refractivity contribution in [3.63, 3.8) is 0 Å². The summed E-state index contributed by atoms with van der Waals surface area (Å²) < 4.78 is 0. The molecule has 1 fully saturated rings. The molecule has 0 aromatic heterocycles. The van der Waals surface area contributed by atoms with Crippen LogP contribution in [0.4, 0.5) is 5.69 Å². The fraction of sp³-hybridized carbons (Fsp3) is 0.286. The van der Waals surface area contributed by atoms with Crippen LogP contribution < -0.4 is 0 Å². The van der Waals surface area contributed by atoms with Gasteiger partial charge in [-0.15, -0.1) is 0 Å². The molecule has 1 saturated heterocycles. The Balaban J connectivity index is 2.08. The molecule has 2 aliphatic heterocycles. The molecule has 2 heterocycles. The van der Waals surface area contributed by atoms with E-state index in [0.29, 0.717) is 0 Å². The van der Waals surface area contributed by atoms with Gasteiger partial charge in [0.1, 0.15) is 0 Å². The van der Waals surface area contributed by atoms with Crippen molar-refractivity contribution < 1.29 is 9.90 Å². The minimum absolute atomic E-state index is 0.289. The predicted octanol–water partition coefficient (Wildman–Crippen LogP) is 2.54. The molecule has 92 valence electrons. The van der Waals surface area contributed by atoms with Crippen LogP contribution in [0.1, 0.15) is 28.8 Å². The van der Waals surface area contributed by atoms with E-state index < -0.39 is 5.97 Å². The van der Waals surface area contributed by atoms with Crippen molar-refractivity contribution in [2.75, 3.05) is 13.6 Å². The highest BCUT2D eigenvalue weighted by molar-refractivity contribution is 6.17. The molecule has 1 aromatic carbocycles. The number of hydrogen-bond donors (Lipinski definition) is 1. The Kier molecular flexibility index (Phi) is 2.44. The molecule has 0 radical (unpaired) electrons. The summed E-state index contributed by atoms with van der Waals surface area (Å²) >= 11 is 0. The number of fused-ring (bicyclic) bond motifs is 1. The van der Waals surface area contributed by atoms with Crippen LogP contribution in [0.5, 0.6) is 0 Å². The number of nitrogens with zero attached hydrogens (tertiary/aromatic N) is 2. The van der Waals surface area contributed by atoms with Gasteiger partial charge in [-0.1, -0.05) is 6.07 Å². The van der Waals surface area contributed by atoms with Crippen LogP contribution in [0, 0.1) is 0 Å². The van der Waals surface area contributed by atoms with Gasteiger partial charge in [0.15, 0.2) is 0 Å². The first-order valence-electron chi connectivity index (χ1n) is 6.03. The molecule has 18 heavy (non-hydrogen) atoms. The normalized spacial score (nSPS) is 21.5. The second kappa shape index (κ2) is 3.98. The van der Waals surface area contributed by atoms with Crippen molar-refractivity contribution in [3.05, 3.63) is 35.0 Å². The van der Waals surface area contributed by atoms with E-state index in [1.807, 2.05) is 12.3 Å². The summed E-state index contributed by atoms with van der Waals surface area (Å²) in [5, 5.41) is 8.96. The maximum absolute atomic E-state index is 10.9. The molecule has 0 atom stereocenters. The van der Waals surface area contributed by atoms with Gasteiger partial charge in [-0.3, -0.25) is 4.99 Å². The molecule has 0 saturated carbocycles. The molecule has 4 nitrogen and oxygen atoms in total. The van der Waals surface area contributed by atoms with E-state index in [1.54, 1.807) is 12.1 Å². The lowest BCUT2D eigenvalue weighted by molar-refractivity contribution is 0.0697. The van der Waals surface area contributed by atoms with E-state index in [9.17, 15) is 4.79 Å². The molecule has 1 aromatic rings. The summed E-state index contributed by atoms with van der Waals surface area (Å²) in [5.74, 6) is -0.910. The Morgan fingerprint density at radius 3 is 2.94 bits per heavy atom. The van der Waals surface area contributed by atoms with Crippen LogP contribution in [0.15, 0.2) is 28.9 Å². The second-order valence-electron chi connectivity index (χ2n) is 4.68. The van der Waals surface area contributed by atoms with Crippen LogP contribution in [0.25, 0.3) is 5.57 Å². The third kappa shape index (κ3) is 1.61. The summed E-state index contributed by atoms with van der Waals surface area (Å²) in [6, 6.07) is 5.14. The summed E-state index contributed by atoms with van der Waals surface area (Å²) in [5.41, 5.74) is 4.54. The van der Waals surface area contributed by atoms with Gasteiger partial charge in [0, 0.05) is 36.6 Å². The van der Waals surface area contributed by atoms with Crippen molar-refractivity contribution in [2.24, 2.45) is 4.99 Å². The molecule has 2 aliphatic rings. The number of aromatic carboxylic acids is 1. The molecule has 0 unspecified atom stereocenters. The smallest absolute Gasteiger partial charge is 0.335 e. The van der Waals surface area contributed by atoms with Gasteiger partial charge in [-0.05, 0) is 25.0 Å². The van der Waals surface area contributed by atoms with Gasteiger partial charge in [0.05, 0.1) is 11.3 Å². The summed E-state index contributed by atoms with van der Waals surface area (Å²) in [6.07, 6.45) is 4.09. The number of aliphatic imine (C=N–C) groups is 1. The molecular weight excluding hydrogens is 228 g/mol. The molecule has 0 spiro atoms. The topological polar surface area (TPSA) is 52.9 Å². The lowest BCUT2D eigenvalue weighted by atomic mass is 10.0. The molecule has 0 aliphatic carbocycles. The number of rotatable bonds is 1. The second-order valence-corrected chi connectivity index (χ2v) is 4.68. The largest absolute Gasteiger partial charge is 0.478 e. The third-order valence-corrected chi connectivity index (χ3v) is 3.55. The number of carboxylic acids is 1. The van der Waals surface area contributed by atoms with Gasteiger partial charge in [0.2, 0.25) is 0 Å². The van der Waals surface area contributed by atoms with E-state index in [1.165, 1.54) is 12.1 Å². The van der Waals surface area contributed by atoms with E-state index in [-0.39, 0.29) is 5.56 Å². The van der Waals surface area contributed by atoms with E-state index in [4.69, 9.17) is 5.11 Å². The van der Waals surface area contributed by atoms with Gasteiger partial charge in [-0.2, -0.15) is 0 Å². The van der Waals surface area contributed by atoms with Gasteiger partial charge < -0.3 is 10.0 Å². The Morgan fingerprint density at radius 1 is 1.44 bits per heavy atom. The summed E-state index contributed by atoms with van der Waals surface area (Å²) in [7, 11) is 2.09. The number of carbonyl (C=O) groups is 1. The monoisotopic (exact) mass is 242 g/mol. The molecule has 0 amide bonds. The predicted molar refractivity (Wildman–Crippen MR) is 70.3 cm³/mol. The SMILES string of the molecule is CN1CCCC1=C1C=Nc2cc(C(=O)O)ccc21. The third-order valence-electron chi connectivity index (χ3n) is 3.55. The first kappa shape index (κ1) is 11.0. The van der Waals surface area contributed by atoms with Crippen LogP contribution in [-0.2, 0) is 0 Å². The molecule has 1 N–H and O–H groups in total. The van der Waals surface area contributed by atoms with E-state index >= 15 is 0 Å². The number of benzene rings is 1. The minimum atomic E-state index is -0.910. The zero-order chi connectivity index (χ0) is 12.7. The molecular formula is C14H14N2O2. The summed E-state index contributed by atoms with van der Waals surface area (Å²) in [6.45, 7) is 1.08. The minimum Gasteiger partial charge on any atom is -0.478 e. The Morgan fingerprint density at radius 2 is 2.28 bits per heavy atom. The standard InChI is InChI=1S/C14H14N2O2/c1-16-6-2-3-13(16)11-8-15-12-7-9(14(17)18)4-5-10(11)12/h4-5,7-8H,2-3,6H2,1H3,(H,17,18). The Bertz CT molecular complexity index is 587. The van der Waals surface area contributed by atoms with E-state index in [0.717, 1.165) is 29.8 Å². The first-order chi connectivity index (χ1) is 8.66. The summed E-state index contributed by atoms with van der Waals surface area (Å²) in [4.78, 5) is 17.5. The molecule has 4 heteroatoms. The zero-order valence-electron chi connectivity index (χ0n) is 10.2. The highest BCUT2D eigenvalue weighted by Crippen LogP contribution is 2.37. The maximum atomic E-state index is 10.9. The average Bonchev–Trinajstić information content (AvgIpc) is 2.93. The number of likely N-dealkylation sites (tertiary alicyclic amines) is 1. The van der Waals surface area contributed by atoms with Crippen molar-refractivity contribution in [3.8, 4) is 0 Å². The highest BCUT2D eigenvalue weighted by atomic mass is 16.4. The van der Waals surface area contributed by atoms with Gasteiger partial charge >= 0.3 is 5.97 Å². The highest BCUT2D eigenvalue weighted by Gasteiger charge is 2.22. The number of carboxylic acid groups (broad SMARTS) is 1. The Hall–Kier alpha value is -2.10. The van der Waals surface area contributed by atoms with Crippen molar-refractivity contribution in [1.82, 2.24) is 4.90 Å². The van der Waals surface area contributed by atoms with Gasteiger partial charge in [0.25, 0.3) is 0 Å². The van der Waals surface area contributed by atoms with Gasteiger partial charge in [-0.25, -0.2) is 4.79 Å². The fourth-order valence-corrected chi connectivity index (χ4v) is 2.58. The first-order valence-corrected chi connectivity index (χ1v) is 6.03. The average molecular weight is 242 g/mol. The van der Waals surface area contributed by atoms with Crippen molar-refractivity contribution in [2.45, 2.75) is 12.8 Å². The molecule has 0 bridgehead atoms. The number of allylic oxidation sites excluding steroid dienone is 2. The number of hydrogen-bond acceptors (Lipinski definition) is 3. The molecule has 3 rings (SSSR count). The van der Waals surface area contributed by atoms with Crippen molar-refractivity contribution in [1.29, 1.82) is 0 Å².